The van der Waals surface area contributed by atoms with E-state index >= 15 is 0 Å². The first-order valence-corrected chi connectivity index (χ1v) is 9.78. The highest BCUT2D eigenvalue weighted by Crippen LogP contribution is 2.36. The number of halogens is 3. The Labute approximate surface area is 155 Å². The fourth-order valence-electron chi connectivity index (χ4n) is 2.80. The van der Waals surface area contributed by atoms with Crippen molar-refractivity contribution in [2.75, 3.05) is 35.9 Å². The molecule has 27 heavy (non-hydrogen) atoms. The number of nitrogens with one attached hydrogen (secondary N) is 1. The van der Waals surface area contributed by atoms with E-state index in [1.54, 1.807) is 17.0 Å². The summed E-state index contributed by atoms with van der Waals surface area (Å²) in [5.41, 5.74) is 0.248. The van der Waals surface area contributed by atoms with E-state index < -0.39 is 21.8 Å². The SMILES string of the molecule is Cc1ccc(S(=O)(=O)Nc2cc(C(F)(F)F)ccc2N2CCOCC2)cc1. The van der Waals surface area contributed by atoms with Gasteiger partial charge in [-0.3, -0.25) is 4.72 Å². The molecule has 1 heterocycles. The smallest absolute Gasteiger partial charge is 0.378 e. The lowest BCUT2D eigenvalue weighted by Crippen LogP contribution is -2.36. The molecule has 0 spiro atoms. The highest BCUT2D eigenvalue weighted by atomic mass is 32.2. The van der Waals surface area contributed by atoms with Gasteiger partial charge in [0.25, 0.3) is 10.0 Å². The fourth-order valence-corrected chi connectivity index (χ4v) is 3.86. The summed E-state index contributed by atoms with van der Waals surface area (Å²) >= 11 is 0. The predicted molar refractivity (Wildman–Crippen MR) is 96.5 cm³/mol. The van der Waals surface area contributed by atoms with Crippen LogP contribution in [0, 0.1) is 6.92 Å². The van der Waals surface area contributed by atoms with Crippen LogP contribution >= 0.6 is 0 Å². The fraction of sp³-hybridized carbons (Fsp3) is 0.333. The molecule has 0 saturated carbocycles. The Balaban J connectivity index is 2.01. The van der Waals surface area contributed by atoms with Crippen LogP contribution in [0.4, 0.5) is 24.5 Å². The Bertz CT molecular complexity index is 906. The Morgan fingerprint density at radius 2 is 1.67 bits per heavy atom. The average Bonchev–Trinajstić information content (AvgIpc) is 2.62. The van der Waals surface area contributed by atoms with E-state index in [-0.39, 0.29) is 10.6 Å². The van der Waals surface area contributed by atoms with Crippen molar-refractivity contribution in [3.8, 4) is 0 Å². The number of nitrogens with zero attached hydrogens (tertiary/aromatic N) is 1. The largest absolute Gasteiger partial charge is 0.416 e. The number of aryl methyl sites for hydroxylation is 1. The van der Waals surface area contributed by atoms with Crippen molar-refractivity contribution >= 4 is 21.4 Å². The van der Waals surface area contributed by atoms with Crippen LogP contribution in [-0.4, -0.2) is 34.7 Å². The van der Waals surface area contributed by atoms with Crippen LogP contribution in [0.15, 0.2) is 47.4 Å². The standard InChI is InChI=1S/C18H19F3N2O3S/c1-13-2-5-15(6-3-13)27(24,25)22-16-12-14(18(19,20)21)4-7-17(16)23-8-10-26-11-9-23/h2-7,12,22H,8-11H2,1H3. The zero-order valence-electron chi connectivity index (χ0n) is 14.6. The number of alkyl halides is 3. The Morgan fingerprint density at radius 1 is 1.04 bits per heavy atom. The molecule has 1 saturated heterocycles. The van der Waals surface area contributed by atoms with E-state index in [4.69, 9.17) is 4.74 Å². The van der Waals surface area contributed by atoms with Gasteiger partial charge in [0.15, 0.2) is 0 Å². The zero-order chi connectivity index (χ0) is 19.7. The van der Waals surface area contributed by atoms with Gasteiger partial charge in [-0.2, -0.15) is 13.2 Å². The topological polar surface area (TPSA) is 58.6 Å². The lowest BCUT2D eigenvalue weighted by molar-refractivity contribution is -0.137. The lowest BCUT2D eigenvalue weighted by Gasteiger charge is -2.31. The van der Waals surface area contributed by atoms with E-state index in [2.05, 4.69) is 4.72 Å². The molecule has 0 aliphatic carbocycles. The highest BCUT2D eigenvalue weighted by Gasteiger charge is 2.32. The molecule has 2 aromatic carbocycles. The Hall–Kier alpha value is -2.26. The molecule has 2 aromatic rings. The minimum absolute atomic E-state index is 0.0153. The highest BCUT2D eigenvalue weighted by molar-refractivity contribution is 7.92. The molecule has 0 bridgehead atoms. The van der Waals surface area contributed by atoms with Crippen molar-refractivity contribution < 1.29 is 26.3 Å². The average molecular weight is 400 g/mol. The molecule has 9 heteroatoms. The van der Waals surface area contributed by atoms with Crippen molar-refractivity contribution in [3.63, 3.8) is 0 Å². The molecule has 1 aliphatic rings. The van der Waals surface area contributed by atoms with Gasteiger partial charge in [0.2, 0.25) is 0 Å². The summed E-state index contributed by atoms with van der Waals surface area (Å²) in [7, 11) is -4.03. The number of sulfonamides is 1. The molecule has 0 radical (unpaired) electrons. The molecule has 146 valence electrons. The summed E-state index contributed by atoms with van der Waals surface area (Å²) in [5, 5.41) is 0. The van der Waals surface area contributed by atoms with Gasteiger partial charge in [0.1, 0.15) is 0 Å². The van der Waals surface area contributed by atoms with Gasteiger partial charge in [-0.1, -0.05) is 17.7 Å². The van der Waals surface area contributed by atoms with Gasteiger partial charge in [-0.25, -0.2) is 8.42 Å². The van der Waals surface area contributed by atoms with E-state index in [0.717, 1.165) is 17.7 Å². The second kappa shape index (κ2) is 7.40. The maximum atomic E-state index is 13.1. The number of rotatable bonds is 4. The van der Waals surface area contributed by atoms with Crippen LogP contribution < -0.4 is 9.62 Å². The van der Waals surface area contributed by atoms with Crippen LogP contribution in [0.5, 0.6) is 0 Å². The first-order chi connectivity index (χ1) is 12.7. The third-order valence-electron chi connectivity index (χ3n) is 4.25. The summed E-state index contributed by atoms with van der Waals surface area (Å²) in [6.07, 6.45) is -4.58. The van der Waals surface area contributed by atoms with Crippen LogP contribution in [0.25, 0.3) is 0 Å². The Morgan fingerprint density at radius 3 is 2.26 bits per heavy atom. The van der Waals surface area contributed by atoms with Crippen LogP contribution in [0.2, 0.25) is 0 Å². The number of benzene rings is 2. The molecule has 0 amide bonds. The number of anilines is 2. The molecule has 3 rings (SSSR count). The van der Waals surface area contributed by atoms with Gasteiger partial charge in [-0.15, -0.1) is 0 Å². The van der Waals surface area contributed by atoms with Crippen LogP contribution in [-0.2, 0) is 20.9 Å². The zero-order valence-corrected chi connectivity index (χ0v) is 15.4. The molecule has 5 nitrogen and oxygen atoms in total. The maximum absolute atomic E-state index is 13.1. The number of hydrogen-bond acceptors (Lipinski definition) is 4. The molecule has 1 fully saturated rings. The van der Waals surface area contributed by atoms with Crippen LogP contribution in [0.1, 0.15) is 11.1 Å². The molecule has 1 N–H and O–H groups in total. The van der Waals surface area contributed by atoms with Gasteiger partial charge in [-0.05, 0) is 37.3 Å². The van der Waals surface area contributed by atoms with E-state index in [0.29, 0.717) is 32.0 Å². The molecule has 1 aliphatic heterocycles. The van der Waals surface area contributed by atoms with Crippen molar-refractivity contribution in [1.29, 1.82) is 0 Å². The quantitative estimate of drug-likeness (QED) is 0.851. The number of hydrogen-bond donors (Lipinski definition) is 1. The summed E-state index contributed by atoms with van der Waals surface area (Å²) in [6, 6.07) is 9.17. The summed E-state index contributed by atoms with van der Waals surface area (Å²) in [6.45, 7) is 3.58. The second-order valence-electron chi connectivity index (χ2n) is 6.25. The number of morpholine rings is 1. The Kier molecular flexibility index (Phi) is 5.34. The van der Waals surface area contributed by atoms with E-state index in [1.165, 1.54) is 18.2 Å². The third kappa shape index (κ3) is 4.54. The normalized spacial score (nSPS) is 15.6. The van der Waals surface area contributed by atoms with Gasteiger partial charge in [0.05, 0.1) is 35.0 Å². The maximum Gasteiger partial charge on any atom is 0.416 e. The first kappa shape index (κ1) is 19.5. The van der Waals surface area contributed by atoms with E-state index in [9.17, 15) is 21.6 Å². The van der Waals surface area contributed by atoms with Gasteiger partial charge < -0.3 is 9.64 Å². The van der Waals surface area contributed by atoms with E-state index in [1.807, 2.05) is 6.92 Å². The van der Waals surface area contributed by atoms with Crippen molar-refractivity contribution in [1.82, 2.24) is 0 Å². The molecule has 0 atom stereocenters. The van der Waals surface area contributed by atoms with Crippen LogP contribution in [0.3, 0.4) is 0 Å². The first-order valence-electron chi connectivity index (χ1n) is 8.30. The summed E-state index contributed by atoms with van der Waals surface area (Å²) < 4.78 is 72.3. The van der Waals surface area contributed by atoms with Crippen molar-refractivity contribution in [2.45, 2.75) is 18.0 Å². The summed E-state index contributed by atoms with van der Waals surface area (Å²) in [5.74, 6) is 0. The minimum Gasteiger partial charge on any atom is -0.378 e. The summed E-state index contributed by atoms with van der Waals surface area (Å²) in [4.78, 5) is 1.79. The molecule has 0 unspecified atom stereocenters. The monoisotopic (exact) mass is 400 g/mol. The molecular formula is C18H19F3N2O3S. The minimum atomic E-state index is -4.58. The third-order valence-corrected chi connectivity index (χ3v) is 5.63. The van der Waals surface area contributed by atoms with Gasteiger partial charge >= 0.3 is 6.18 Å². The van der Waals surface area contributed by atoms with Crippen molar-refractivity contribution in [2.24, 2.45) is 0 Å². The second-order valence-corrected chi connectivity index (χ2v) is 7.93. The molecular weight excluding hydrogens is 381 g/mol. The molecule has 0 aromatic heterocycles. The number of ether oxygens (including phenoxy) is 1. The van der Waals surface area contributed by atoms with Crippen molar-refractivity contribution in [3.05, 3.63) is 53.6 Å². The predicted octanol–water partition coefficient (Wildman–Crippen LogP) is 3.65. The lowest BCUT2D eigenvalue weighted by atomic mass is 10.1. The van der Waals surface area contributed by atoms with Gasteiger partial charge in [0, 0.05) is 13.1 Å².